The number of rotatable bonds is 4. The summed E-state index contributed by atoms with van der Waals surface area (Å²) in [6, 6.07) is 2.14. The second-order valence-corrected chi connectivity index (χ2v) is 8.40. The molecule has 0 aromatic rings. The van der Waals surface area contributed by atoms with E-state index in [4.69, 9.17) is 0 Å². The Morgan fingerprint density at radius 1 is 1.52 bits per heavy atom. The van der Waals surface area contributed by atoms with Crippen LogP contribution in [0.15, 0.2) is 17.6 Å². The van der Waals surface area contributed by atoms with Gasteiger partial charge in [0.2, 0.25) is 0 Å². The number of guanidine groups is 1. The molecule has 0 radical (unpaired) electrons. The summed E-state index contributed by atoms with van der Waals surface area (Å²) in [7, 11) is -0.927. The molecule has 0 amide bonds. The summed E-state index contributed by atoms with van der Waals surface area (Å²) < 4.78 is 23.1. The van der Waals surface area contributed by atoms with Crippen LogP contribution >= 0.6 is 0 Å². The number of likely N-dealkylation sites (N-methyl/N-ethyl adjacent to an activating group) is 1. The number of hydrogen-bond acceptors (Lipinski definition) is 5. The van der Waals surface area contributed by atoms with Crippen molar-refractivity contribution in [1.29, 1.82) is 5.26 Å². The van der Waals surface area contributed by atoms with Crippen molar-refractivity contribution in [3.8, 4) is 6.07 Å². The summed E-state index contributed by atoms with van der Waals surface area (Å²) in [5, 5.41) is 12.5. The summed E-state index contributed by atoms with van der Waals surface area (Å²) in [6.45, 7) is 6.98. The van der Waals surface area contributed by atoms with Crippen LogP contribution in [-0.2, 0) is 9.84 Å². The minimum absolute atomic E-state index is 0.0970. The van der Waals surface area contributed by atoms with Gasteiger partial charge in [0.15, 0.2) is 15.8 Å². The van der Waals surface area contributed by atoms with Crippen LogP contribution in [-0.4, -0.2) is 81.5 Å². The van der Waals surface area contributed by atoms with Gasteiger partial charge in [-0.2, -0.15) is 5.26 Å². The Kier molecular flexibility index (Phi) is 6.02. The molecule has 2 aliphatic rings. The third-order valence-corrected chi connectivity index (χ3v) is 6.16. The summed E-state index contributed by atoms with van der Waals surface area (Å²) in [5.41, 5.74) is 0. The van der Waals surface area contributed by atoms with Crippen molar-refractivity contribution >= 4 is 15.8 Å². The molecular formula is C15H25N5O2S. The molecule has 2 rings (SSSR count). The Morgan fingerprint density at radius 3 is 2.91 bits per heavy atom. The highest BCUT2D eigenvalue weighted by Crippen LogP contribution is 2.18. The molecule has 0 aliphatic carbocycles. The molecule has 2 fully saturated rings. The van der Waals surface area contributed by atoms with Gasteiger partial charge in [-0.05, 0) is 19.4 Å². The fourth-order valence-electron chi connectivity index (χ4n) is 2.87. The highest BCUT2D eigenvalue weighted by molar-refractivity contribution is 7.91. The Morgan fingerprint density at radius 2 is 2.30 bits per heavy atom. The first-order valence-electron chi connectivity index (χ1n) is 7.89. The van der Waals surface area contributed by atoms with E-state index in [0.29, 0.717) is 26.1 Å². The molecule has 0 aromatic carbocycles. The van der Waals surface area contributed by atoms with Gasteiger partial charge in [-0.25, -0.2) is 8.42 Å². The molecule has 2 heterocycles. The van der Waals surface area contributed by atoms with Crippen molar-refractivity contribution in [2.24, 2.45) is 10.9 Å². The van der Waals surface area contributed by atoms with Crippen molar-refractivity contribution in [3.05, 3.63) is 12.7 Å². The van der Waals surface area contributed by atoms with E-state index in [-0.39, 0.29) is 23.5 Å². The Labute approximate surface area is 138 Å². The first kappa shape index (κ1) is 17.8. The lowest BCUT2D eigenvalue weighted by Gasteiger charge is -2.37. The highest BCUT2D eigenvalue weighted by atomic mass is 32.2. The van der Waals surface area contributed by atoms with Crippen LogP contribution in [0.25, 0.3) is 0 Å². The minimum Gasteiger partial charge on any atom is -0.353 e. The molecule has 2 saturated heterocycles. The zero-order chi connectivity index (χ0) is 16.9. The van der Waals surface area contributed by atoms with Gasteiger partial charge in [0, 0.05) is 32.7 Å². The molecule has 0 bridgehead atoms. The van der Waals surface area contributed by atoms with Gasteiger partial charge in [0.25, 0.3) is 0 Å². The van der Waals surface area contributed by atoms with Crippen LogP contribution in [0.1, 0.15) is 6.42 Å². The number of sulfone groups is 1. The predicted molar refractivity (Wildman–Crippen MR) is 90.9 cm³/mol. The molecule has 0 saturated carbocycles. The van der Waals surface area contributed by atoms with Crippen LogP contribution in [0.4, 0.5) is 0 Å². The molecule has 128 valence electrons. The zero-order valence-electron chi connectivity index (χ0n) is 13.6. The van der Waals surface area contributed by atoms with Crippen molar-refractivity contribution < 1.29 is 8.42 Å². The predicted octanol–water partition coefficient (Wildman–Crippen LogP) is -0.308. The largest absolute Gasteiger partial charge is 0.353 e. The van der Waals surface area contributed by atoms with Gasteiger partial charge in [-0.1, -0.05) is 6.08 Å². The zero-order valence-corrected chi connectivity index (χ0v) is 14.4. The van der Waals surface area contributed by atoms with E-state index in [1.54, 1.807) is 6.08 Å². The first-order chi connectivity index (χ1) is 10.9. The molecular weight excluding hydrogens is 314 g/mol. The average molecular weight is 339 g/mol. The van der Waals surface area contributed by atoms with E-state index in [0.717, 1.165) is 19.0 Å². The monoisotopic (exact) mass is 339 g/mol. The molecule has 23 heavy (non-hydrogen) atoms. The van der Waals surface area contributed by atoms with E-state index in [1.165, 1.54) is 0 Å². The van der Waals surface area contributed by atoms with E-state index in [2.05, 4.69) is 27.9 Å². The van der Waals surface area contributed by atoms with E-state index < -0.39 is 9.84 Å². The Bertz CT molecular complexity index is 595. The van der Waals surface area contributed by atoms with E-state index >= 15 is 0 Å². The van der Waals surface area contributed by atoms with Gasteiger partial charge in [-0.15, -0.1) is 6.58 Å². The van der Waals surface area contributed by atoms with Crippen LogP contribution in [0.2, 0.25) is 0 Å². The maximum absolute atomic E-state index is 11.5. The number of aliphatic imine (C=N–C) groups is 1. The fourth-order valence-corrected chi connectivity index (χ4v) is 4.72. The molecule has 1 N–H and O–H groups in total. The second kappa shape index (κ2) is 7.79. The SMILES string of the molecule is C=CCNC(=NCC1CCS(=O)(=O)C1)N1CCN(C)C(C#N)C1. The number of piperazine rings is 1. The van der Waals surface area contributed by atoms with Crippen molar-refractivity contribution in [2.45, 2.75) is 12.5 Å². The van der Waals surface area contributed by atoms with Crippen LogP contribution in [0.3, 0.4) is 0 Å². The number of nitrogens with zero attached hydrogens (tertiary/aromatic N) is 4. The summed E-state index contributed by atoms with van der Waals surface area (Å²) in [5.74, 6) is 1.34. The van der Waals surface area contributed by atoms with Gasteiger partial charge in [0.1, 0.15) is 6.04 Å². The van der Waals surface area contributed by atoms with Crippen molar-refractivity contribution in [1.82, 2.24) is 15.1 Å². The standard InChI is InChI=1S/C15H25N5O2S/c1-3-5-17-15(18-10-13-4-8-23(21,22)12-13)20-7-6-19(2)14(9-16)11-20/h3,13-14H,1,4-8,10-12H2,2H3,(H,17,18). The quantitative estimate of drug-likeness (QED) is 0.429. The number of hydrogen-bond donors (Lipinski definition) is 1. The molecule has 0 aromatic heterocycles. The van der Waals surface area contributed by atoms with Gasteiger partial charge < -0.3 is 10.2 Å². The summed E-state index contributed by atoms with van der Waals surface area (Å²) in [6.07, 6.45) is 2.44. The van der Waals surface area contributed by atoms with Crippen molar-refractivity contribution in [3.63, 3.8) is 0 Å². The van der Waals surface area contributed by atoms with Gasteiger partial charge in [-0.3, -0.25) is 9.89 Å². The summed E-state index contributed by atoms with van der Waals surface area (Å²) >= 11 is 0. The van der Waals surface area contributed by atoms with Crippen LogP contribution < -0.4 is 5.32 Å². The second-order valence-electron chi connectivity index (χ2n) is 6.17. The van der Waals surface area contributed by atoms with E-state index in [9.17, 15) is 13.7 Å². The molecule has 2 atom stereocenters. The number of nitriles is 1. The Hall–Kier alpha value is -1.59. The average Bonchev–Trinajstić information content (AvgIpc) is 2.87. The molecule has 0 spiro atoms. The van der Waals surface area contributed by atoms with Crippen molar-refractivity contribution in [2.75, 3.05) is 51.3 Å². The third kappa shape index (κ3) is 4.94. The van der Waals surface area contributed by atoms with Crippen LogP contribution in [0, 0.1) is 17.2 Å². The first-order valence-corrected chi connectivity index (χ1v) is 9.71. The summed E-state index contributed by atoms with van der Waals surface area (Å²) in [4.78, 5) is 8.72. The molecule has 8 heteroatoms. The minimum atomic E-state index is -2.87. The lowest BCUT2D eigenvalue weighted by molar-refractivity contribution is 0.171. The normalized spacial score (nSPS) is 28.3. The third-order valence-electron chi connectivity index (χ3n) is 4.33. The van der Waals surface area contributed by atoms with Gasteiger partial charge in [0.05, 0.1) is 17.6 Å². The lowest BCUT2D eigenvalue weighted by atomic mass is 10.1. The van der Waals surface area contributed by atoms with Gasteiger partial charge >= 0.3 is 0 Å². The maximum atomic E-state index is 11.5. The maximum Gasteiger partial charge on any atom is 0.194 e. The molecule has 2 aliphatic heterocycles. The molecule has 7 nitrogen and oxygen atoms in total. The lowest BCUT2D eigenvalue weighted by Crippen LogP contribution is -2.55. The van der Waals surface area contributed by atoms with E-state index in [1.807, 2.05) is 11.9 Å². The highest BCUT2D eigenvalue weighted by Gasteiger charge is 2.29. The topological polar surface area (TPSA) is 88.8 Å². The smallest absolute Gasteiger partial charge is 0.194 e. The Balaban J connectivity index is 2.03. The number of nitrogens with one attached hydrogen (secondary N) is 1. The molecule has 2 unspecified atom stereocenters. The fraction of sp³-hybridized carbons (Fsp3) is 0.733. The van der Waals surface area contributed by atoms with Crippen LogP contribution in [0.5, 0.6) is 0 Å².